The van der Waals surface area contributed by atoms with Crippen molar-refractivity contribution in [3.8, 4) is 16.8 Å². The highest BCUT2D eigenvalue weighted by Gasteiger charge is 2.28. The van der Waals surface area contributed by atoms with Gasteiger partial charge >= 0.3 is 0 Å². The first-order valence-electron chi connectivity index (χ1n) is 17.6. The predicted octanol–water partition coefficient (Wildman–Crippen LogP) is 11.9. The zero-order valence-electron chi connectivity index (χ0n) is 28.9. The van der Waals surface area contributed by atoms with Crippen LogP contribution >= 0.6 is 0 Å². The molecule has 9 rings (SSSR count). The second-order valence-corrected chi connectivity index (χ2v) is 13.5. The van der Waals surface area contributed by atoms with Crippen molar-refractivity contribution in [2.75, 3.05) is 0 Å². The summed E-state index contributed by atoms with van der Waals surface area (Å²) in [6.45, 7) is 6.46. The number of rotatable bonds is 6. The fourth-order valence-electron chi connectivity index (χ4n) is 7.42. The summed E-state index contributed by atoms with van der Waals surface area (Å²) in [5, 5.41) is 4.60. The lowest BCUT2D eigenvalue weighted by Gasteiger charge is -2.25. The van der Waals surface area contributed by atoms with Gasteiger partial charge in [-0.3, -0.25) is 4.99 Å². The molecule has 0 fully saturated rings. The lowest BCUT2D eigenvalue weighted by Crippen LogP contribution is -2.25. The summed E-state index contributed by atoms with van der Waals surface area (Å²) >= 11 is 0. The van der Waals surface area contributed by atoms with E-state index in [0.717, 1.165) is 67.3 Å². The Hall–Kier alpha value is -6.59. The minimum Gasteiger partial charge on any atom is -0.454 e. The molecule has 0 amide bonds. The van der Waals surface area contributed by atoms with Crippen LogP contribution in [0.3, 0.4) is 0 Å². The molecule has 250 valence electrons. The van der Waals surface area contributed by atoms with Crippen LogP contribution in [0.2, 0.25) is 0 Å². The maximum Gasteiger partial charge on any atom is 0.159 e. The van der Waals surface area contributed by atoms with Crippen LogP contribution in [0.15, 0.2) is 183 Å². The lowest BCUT2D eigenvalue weighted by molar-refractivity contribution is 0.597. The molecule has 8 aromatic rings. The van der Waals surface area contributed by atoms with Crippen molar-refractivity contribution >= 4 is 62.1 Å². The fraction of sp³-hybridized carbons (Fsp3) is 0.0851. The van der Waals surface area contributed by atoms with Crippen LogP contribution in [0.1, 0.15) is 24.5 Å². The highest BCUT2D eigenvalue weighted by Crippen LogP contribution is 2.38. The Morgan fingerprint density at radius 1 is 0.712 bits per heavy atom. The Balaban J connectivity index is 1.12. The largest absolute Gasteiger partial charge is 0.454 e. The maximum atomic E-state index is 6.73. The number of para-hydroxylation sites is 3. The quantitative estimate of drug-likeness (QED) is 0.128. The highest BCUT2D eigenvalue weighted by molar-refractivity contribution is 6.13. The van der Waals surface area contributed by atoms with Gasteiger partial charge in [-0.15, -0.1) is 0 Å². The molecule has 2 aromatic heterocycles. The minimum absolute atomic E-state index is 0.373. The van der Waals surface area contributed by atoms with Gasteiger partial charge in [0.1, 0.15) is 11.4 Å². The van der Waals surface area contributed by atoms with Gasteiger partial charge in [0.15, 0.2) is 11.4 Å². The fourth-order valence-corrected chi connectivity index (χ4v) is 7.42. The van der Waals surface area contributed by atoms with Gasteiger partial charge in [-0.05, 0) is 61.0 Å². The van der Waals surface area contributed by atoms with Gasteiger partial charge in [0.2, 0.25) is 0 Å². The molecular formula is C47H36N4O. The average Bonchev–Trinajstić information content (AvgIpc) is 3.74. The zero-order valence-corrected chi connectivity index (χ0v) is 28.9. The van der Waals surface area contributed by atoms with E-state index in [9.17, 15) is 0 Å². The normalized spacial score (nSPS) is 16.4. The molecule has 0 saturated heterocycles. The molecule has 6 aromatic carbocycles. The van der Waals surface area contributed by atoms with E-state index >= 15 is 0 Å². The lowest BCUT2D eigenvalue weighted by atomic mass is 9.82. The van der Waals surface area contributed by atoms with Gasteiger partial charge in [-0.1, -0.05) is 140 Å². The number of furan rings is 1. The summed E-state index contributed by atoms with van der Waals surface area (Å²) in [6, 6.07) is 48.7. The van der Waals surface area contributed by atoms with Crippen molar-refractivity contribution in [2.45, 2.75) is 19.9 Å². The molecule has 1 aliphatic rings. The van der Waals surface area contributed by atoms with Crippen molar-refractivity contribution in [1.82, 2.24) is 4.57 Å². The van der Waals surface area contributed by atoms with E-state index in [4.69, 9.17) is 14.4 Å². The van der Waals surface area contributed by atoms with Crippen LogP contribution in [0.4, 0.5) is 0 Å². The van der Waals surface area contributed by atoms with Crippen LogP contribution in [0.25, 0.3) is 60.6 Å². The smallest absolute Gasteiger partial charge is 0.159 e. The molecular weight excluding hydrogens is 637 g/mol. The van der Waals surface area contributed by atoms with Crippen molar-refractivity contribution in [2.24, 2.45) is 20.4 Å². The first kappa shape index (κ1) is 31.4. The second-order valence-electron chi connectivity index (χ2n) is 13.5. The van der Waals surface area contributed by atoms with E-state index in [1.807, 2.05) is 12.1 Å². The zero-order chi connectivity index (χ0) is 35.1. The molecule has 1 unspecified atom stereocenters. The number of amidine groups is 2. The molecule has 5 nitrogen and oxygen atoms in total. The van der Waals surface area contributed by atoms with Gasteiger partial charge < -0.3 is 8.98 Å². The van der Waals surface area contributed by atoms with Gasteiger partial charge in [0.25, 0.3) is 0 Å². The molecule has 0 radical (unpaired) electrons. The first-order chi connectivity index (χ1) is 25.6. The predicted molar refractivity (Wildman–Crippen MR) is 218 cm³/mol. The molecule has 1 aliphatic carbocycles. The van der Waals surface area contributed by atoms with E-state index in [0.29, 0.717) is 18.2 Å². The van der Waals surface area contributed by atoms with Crippen molar-refractivity contribution in [3.63, 3.8) is 0 Å². The molecule has 0 N–H and O–H groups in total. The number of nitrogens with zero attached hydrogens (tertiary/aromatic N) is 4. The maximum absolute atomic E-state index is 6.73. The minimum atomic E-state index is -0.373. The van der Waals surface area contributed by atoms with Gasteiger partial charge in [0, 0.05) is 32.5 Å². The number of hydrogen-bond acceptors (Lipinski definition) is 2. The number of aliphatic imine (C=N–C) groups is 3. The number of hydrogen-bond donors (Lipinski definition) is 0. The van der Waals surface area contributed by atoms with Crippen molar-refractivity contribution in [1.29, 1.82) is 0 Å². The third-order valence-electron chi connectivity index (χ3n) is 10.2. The second kappa shape index (κ2) is 12.9. The summed E-state index contributed by atoms with van der Waals surface area (Å²) in [6.07, 6.45) is 9.17. The third kappa shape index (κ3) is 5.48. The van der Waals surface area contributed by atoms with Crippen LogP contribution in [-0.2, 0) is 6.54 Å². The molecule has 0 bridgehead atoms. The van der Waals surface area contributed by atoms with E-state index in [1.165, 1.54) is 10.8 Å². The van der Waals surface area contributed by atoms with Crippen LogP contribution < -0.4 is 0 Å². The number of fused-ring (bicyclic) bond motifs is 6. The Morgan fingerprint density at radius 3 is 2.12 bits per heavy atom. The highest BCUT2D eigenvalue weighted by atomic mass is 16.3. The molecule has 5 heteroatoms. The topological polar surface area (TPSA) is 55.1 Å². The average molecular weight is 673 g/mol. The van der Waals surface area contributed by atoms with Gasteiger partial charge in [0.05, 0.1) is 23.3 Å². The van der Waals surface area contributed by atoms with Crippen molar-refractivity contribution < 1.29 is 4.42 Å². The number of aromatic nitrogens is 1. The molecule has 1 atom stereocenters. The standard InChI is InChI=1S/C47H36N4O/c1-47(28-11-4-12-29-47)46(48-2)50-45(35-25-23-34(24-26-35)33-14-5-3-6-15-33)49-31-32-22-27-38-39-18-13-21-42(44(39)52-43(38)30-32)51-40-19-9-7-16-36(40)37-17-8-10-20-41(37)51/h3-28,30H,2,29,31H2,1H3/b49-45-,50-46-. The summed E-state index contributed by atoms with van der Waals surface area (Å²) in [7, 11) is 0. The van der Waals surface area contributed by atoms with Gasteiger partial charge in [-0.2, -0.15) is 0 Å². The number of allylic oxidation sites excluding steroid dienone is 3. The first-order valence-corrected chi connectivity index (χ1v) is 17.6. The number of benzene rings is 6. The van der Waals surface area contributed by atoms with Crippen LogP contribution in [0, 0.1) is 5.41 Å². The molecule has 0 spiro atoms. The summed E-state index contributed by atoms with van der Waals surface area (Å²) in [5.41, 5.74) is 8.88. The molecule has 0 saturated carbocycles. The van der Waals surface area contributed by atoms with Crippen LogP contribution in [0.5, 0.6) is 0 Å². The Labute approximate surface area is 302 Å². The monoisotopic (exact) mass is 672 g/mol. The summed E-state index contributed by atoms with van der Waals surface area (Å²) in [5.74, 6) is 1.26. The Bertz CT molecular complexity index is 2710. The Kier molecular flexibility index (Phi) is 7.81. The van der Waals surface area contributed by atoms with Gasteiger partial charge in [-0.25, -0.2) is 9.98 Å². The van der Waals surface area contributed by atoms with E-state index in [1.54, 1.807) is 0 Å². The van der Waals surface area contributed by atoms with E-state index in [2.05, 4.69) is 175 Å². The summed E-state index contributed by atoms with van der Waals surface area (Å²) in [4.78, 5) is 14.6. The molecule has 52 heavy (non-hydrogen) atoms. The van der Waals surface area contributed by atoms with E-state index < -0.39 is 0 Å². The Morgan fingerprint density at radius 2 is 1.40 bits per heavy atom. The third-order valence-corrected chi connectivity index (χ3v) is 10.2. The van der Waals surface area contributed by atoms with E-state index in [-0.39, 0.29) is 5.41 Å². The van der Waals surface area contributed by atoms with Crippen LogP contribution in [-0.4, -0.2) is 23.0 Å². The molecule has 0 aliphatic heterocycles. The summed E-state index contributed by atoms with van der Waals surface area (Å²) < 4.78 is 9.05. The molecule has 2 heterocycles. The SMILES string of the molecule is C=N/C(=N\C(=N/Cc1ccc2c(c1)oc1c(-n3c4ccccc4c4ccccc43)cccc12)c1ccc(-c2ccccc2)cc1)C1(C)C=CC=CC1. The van der Waals surface area contributed by atoms with Crippen molar-refractivity contribution in [3.05, 3.63) is 175 Å².